The molecule has 1 aromatic rings. The van der Waals surface area contributed by atoms with Gasteiger partial charge in [-0.2, -0.15) is 8.78 Å². The first-order chi connectivity index (χ1) is 9.33. The molecule has 0 saturated heterocycles. The van der Waals surface area contributed by atoms with Gasteiger partial charge in [-0.05, 0) is 11.6 Å². The lowest BCUT2D eigenvalue weighted by Crippen LogP contribution is -2.44. The lowest BCUT2D eigenvalue weighted by molar-refractivity contribution is -0.128. The van der Waals surface area contributed by atoms with E-state index in [0.717, 1.165) is 0 Å². The second kappa shape index (κ2) is 5.40. The van der Waals surface area contributed by atoms with Crippen LogP contribution in [-0.2, 0) is 4.79 Å². The topological polar surface area (TPSA) is 32.3 Å². The Morgan fingerprint density at radius 1 is 1.40 bits per heavy atom. The smallest absolute Gasteiger partial charge is 0.315 e. The molecule has 2 rings (SSSR count). The van der Waals surface area contributed by atoms with Crippen LogP contribution in [0.3, 0.4) is 0 Å². The van der Waals surface area contributed by atoms with Gasteiger partial charge in [-0.3, -0.25) is 4.79 Å². The maximum Gasteiger partial charge on any atom is 0.319 e. The Morgan fingerprint density at radius 3 is 2.70 bits per heavy atom. The predicted octanol–water partition coefficient (Wildman–Crippen LogP) is 2.58. The Labute approximate surface area is 113 Å². The third-order valence-electron chi connectivity index (χ3n) is 3.33. The van der Waals surface area contributed by atoms with Gasteiger partial charge in [0.1, 0.15) is 0 Å². The number of halogens is 4. The van der Waals surface area contributed by atoms with E-state index in [1.807, 2.05) is 0 Å². The number of alkyl halides is 4. The van der Waals surface area contributed by atoms with Gasteiger partial charge >= 0.3 is 12.3 Å². The number of carbonyl (C=O) groups excluding carboxylic acids is 1. The van der Waals surface area contributed by atoms with Crippen molar-refractivity contribution >= 4 is 11.6 Å². The van der Waals surface area contributed by atoms with Gasteiger partial charge in [0.25, 0.3) is 0 Å². The predicted molar refractivity (Wildman–Crippen MR) is 66.2 cm³/mol. The molecule has 0 aliphatic carbocycles. The summed E-state index contributed by atoms with van der Waals surface area (Å²) in [5.74, 6) is -4.36. The van der Waals surface area contributed by atoms with E-state index >= 15 is 0 Å². The van der Waals surface area contributed by atoms with E-state index in [4.69, 9.17) is 0 Å². The highest BCUT2D eigenvalue weighted by Gasteiger charge is 2.41. The van der Waals surface area contributed by atoms with Crippen LogP contribution in [0, 0.1) is 0 Å². The Morgan fingerprint density at radius 2 is 2.05 bits per heavy atom. The number of amides is 1. The van der Waals surface area contributed by atoms with Gasteiger partial charge in [-0.1, -0.05) is 18.2 Å². The second-order valence-electron chi connectivity index (χ2n) is 4.71. The highest BCUT2D eigenvalue weighted by Crippen LogP contribution is 2.34. The first-order valence-corrected chi connectivity index (χ1v) is 6.08. The number of hydrogen-bond acceptors (Lipinski definition) is 2. The van der Waals surface area contributed by atoms with Gasteiger partial charge in [0, 0.05) is 25.2 Å². The fourth-order valence-corrected chi connectivity index (χ4v) is 2.16. The second-order valence-corrected chi connectivity index (χ2v) is 4.71. The molecule has 0 radical (unpaired) electrons. The number of fused-ring (bicyclic) bond motifs is 1. The third-order valence-corrected chi connectivity index (χ3v) is 3.33. The van der Waals surface area contributed by atoms with Crippen LogP contribution in [0.15, 0.2) is 24.3 Å². The molecule has 110 valence electrons. The van der Waals surface area contributed by atoms with Crippen LogP contribution in [-0.4, -0.2) is 31.8 Å². The van der Waals surface area contributed by atoms with Gasteiger partial charge in [-0.15, -0.1) is 0 Å². The lowest BCUT2D eigenvalue weighted by atomic mass is 9.96. The van der Waals surface area contributed by atoms with Crippen LogP contribution >= 0.6 is 0 Å². The first kappa shape index (κ1) is 14.8. The molecule has 3 nitrogen and oxygen atoms in total. The van der Waals surface area contributed by atoms with Gasteiger partial charge in [-0.25, -0.2) is 8.78 Å². The molecule has 1 aliphatic rings. The third kappa shape index (κ3) is 2.77. The molecule has 1 aliphatic heterocycles. The molecule has 7 heteroatoms. The molecule has 20 heavy (non-hydrogen) atoms. The molecule has 0 aromatic heterocycles. The molecule has 1 N–H and O–H groups in total. The quantitative estimate of drug-likeness (QED) is 0.864. The summed E-state index contributed by atoms with van der Waals surface area (Å²) in [5, 5.41) is 2.37. The molecule has 1 atom stereocenters. The number of benzene rings is 1. The van der Waals surface area contributed by atoms with Crippen molar-refractivity contribution in [1.82, 2.24) is 5.32 Å². The normalized spacial score (nSPS) is 19.4. The molecule has 1 heterocycles. The van der Waals surface area contributed by atoms with Crippen molar-refractivity contribution in [2.75, 3.05) is 18.5 Å². The fraction of sp³-hybridized carbons (Fsp3) is 0.462. The minimum absolute atomic E-state index is 0.0349. The largest absolute Gasteiger partial charge is 0.319 e. The molecule has 1 unspecified atom stereocenters. The van der Waals surface area contributed by atoms with Crippen molar-refractivity contribution in [1.29, 1.82) is 0 Å². The summed E-state index contributed by atoms with van der Waals surface area (Å²) >= 11 is 0. The first-order valence-electron chi connectivity index (χ1n) is 6.08. The summed E-state index contributed by atoms with van der Waals surface area (Å²) in [6.07, 6.45) is -3.76. The molecule has 1 aromatic carbocycles. The van der Waals surface area contributed by atoms with E-state index in [9.17, 15) is 22.4 Å². The Bertz CT molecular complexity index is 507. The Kier molecular flexibility index (Phi) is 3.99. The number of para-hydroxylation sites is 1. The number of hydrogen-bond donors (Lipinski definition) is 1. The van der Waals surface area contributed by atoms with Crippen molar-refractivity contribution in [2.45, 2.75) is 24.8 Å². The van der Waals surface area contributed by atoms with Gasteiger partial charge < -0.3 is 10.2 Å². The number of anilines is 1. The minimum atomic E-state index is -4.11. The van der Waals surface area contributed by atoms with Crippen LogP contribution in [0.2, 0.25) is 0 Å². The Balaban J connectivity index is 2.17. The monoisotopic (exact) mass is 290 g/mol. The van der Waals surface area contributed by atoms with Crippen molar-refractivity contribution in [3.63, 3.8) is 0 Å². The average Bonchev–Trinajstić information content (AvgIpc) is 2.41. The summed E-state index contributed by atoms with van der Waals surface area (Å²) in [5.41, 5.74) is 1.25. The fourth-order valence-electron chi connectivity index (χ4n) is 2.16. The van der Waals surface area contributed by atoms with Crippen molar-refractivity contribution < 1.29 is 22.4 Å². The summed E-state index contributed by atoms with van der Waals surface area (Å²) < 4.78 is 50.2. The standard InChI is InChI=1S/C13H14F4N2O/c1-19-10-5-3-2-4-8(10)9(6-11(19)20)18-7-13(16,17)12(14)15/h2-5,9,12,18H,6-7H2,1H3. The van der Waals surface area contributed by atoms with Gasteiger partial charge in [0.2, 0.25) is 5.91 Å². The summed E-state index contributed by atoms with van der Waals surface area (Å²) in [6.45, 7) is -1.17. The van der Waals surface area contributed by atoms with Crippen LogP contribution < -0.4 is 10.2 Å². The summed E-state index contributed by atoms with van der Waals surface area (Å²) in [7, 11) is 1.59. The average molecular weight is 290 g/mol. The molecular formula is C13H14F4N2O. The molecular weight excluding hydrogens is 276 g/mol. The van der Waals surface area contributed by atoms with Crippen LogP contribution in [0.4, 0.5) is 23.2 Å². The van der Waals surface area contributed by atoms with E-state index in [1.54, 1.807) is 31.3 Å². The number of rotatable bonds is 4. The molecule has 0 spiro atoms. The maximum absolute atomic E-state index is 12.9. The SMILES string of the molecule is CN1C(=O)CC(NCC(F)(F)C(F)F)c2ccccc21. The minimum Gasteiger partial charge on any atom is -0.315 e. The molecule has 0 fully saturated rings. The maximum atomic E-state index is 12.9. The zero-order chi connectivity index (χ0) is 14.9. The summed E-state index contributed by atoms with van der Waals surface area (Å²) in [4.78, 5) is 13.2. The Hall–Kier alpha value is -1.63. The van der Waals surface area contributed by atoms with E-state index in [-0.39, 0.29) is 12.3 Å². The summed E-state index contributed by atoms with van der Waals surface area (Å²) in [6, 6.07) is 6.13. The van der Waals surface area contributed by atoms with Crippen LogP contribution in [0.25, 0.3) is 0 Å². The molecule has 1 amide bonds. The van der Waals surface area contributed by atoms with Crippen molar-refractivity contribution in [3.8, 4) is 0 Å². The van der Waals surface area contributed by atoms with Crippen LogP contribution in [0.1, 0.15) is 18.0 Å². The van der Waals surface area contributed by atoms with E-state index in [1.165, 1.54) is 4.90 Å². The van der Waals surface area contributed by atoms with E-state index < -0.39 is 24.9 Å². The number of carbonyl (C=O) groups is 1. The zero-order valence-electron chi connectivity index (χ0n) is 10.7. The van der Waals surface area contributed by atoms with E-state index in [2.05, 4.69) is 5.32 Å². The van der Waals surface area contributed by atoms with Crippen molar-refractivity contribution in [3.05, 3.63) is 29.8 Å². The van der Waals surface area contributed by atoms with Gasteiger partial charge in [0.15, 0.2) is 0 Å². The lowest BCUT2D eigenvalue weighted by Gasteiger charge is -2.32. The highest BCUT2D eigenvalue weighted by molar-refractivity contribution is 5.96. The zero-order valence-corrected chi connectivity index (χ0v) is 10.7. The van der Waals surface area contributed by atoms with E-state index in [0.29, 0.717) is 11.3 Å². The number of nitrogens with one attached hydrogen (secondary N) is 1. The van der Waals surface area contributed by atoms with Crippen molar-refractivity contribution in [2.24, 2.45) is 0 Å². The highest BCUT2D eigenvalue weighted by atomic mass is 19.3. The molecule has 0 saturated carbocycles. The van der Waals surface area contributed by atoms with Crippen LogP contribution in [0.5, 0.6) is 0 Å². The molecule has 0 bridgehead atoms. The number of nitrogens with zero attached hydrogens (tertiary/aromatic N) is 1. The van der Waals surface area contributed by atoms with Gasteiger partial charge in [0.05, 0.1) is 6.54 Å².